The van der Waals surface area contributed by atoms with Crippen molar-refractivity contribution in [2.45, 2.75) is 32.2 Å². The summed E-state index contributed by atoms with van der Waals surface area (Å²) in [5.74, 6) is 2.10. The summed E-state index contributed by atoms with van der Waals surface area (Å²) >= 11 is 8.14. The lowest BCUT2D eigenvalue weighted by molar-refractivity contribution is 0.269. The maximum absolute atomic E-state index is 6.54. The molecule has 160 valence electrons. The second kappa shape index (κ2) is 11.2. The number of halogens is 1. The van der Waals surface area contributed by atoms with Gasteiger partial charge in [0.25, 0.3) is 0 Å². The number of hydrogen-bond donors (Lipinski definition) is 1. The van der Waals surface area contributed by atoms with Crippen LogP contribution in [0.25, 0.3) is 0 Å². The molecule has 1 N–H and O–H groups in total. The minimum Gasteiger partial charge on any atom is -0.490 e. The molecule has 3 aromatic rings. The van der Waals surface area contributed by atoms with E-state index in [4.69, 9.17) is 21.1 Å². The van der Waals surface area contributed by atoms with Gasteiger partial charge in [-0.25, -0.2) is 4.68 Å². The predicted octanol–water partition coefficient (Wildman–Crippen LogP) is 4.03. The van der Waals surface area contributed by atoms with Crippen LogP contribution in [-0.4, -0.2) is 39.1 Å². The molecule has 0 atom stereocenters. The fourth-order valence-corrected chi connectivity index (χ4v) is 3.87. The van der Waals surface area contributed by atoms with Crippen LogP contribution in [0.4, 0.5) is 0 Å². The number of aromatic nitrogens is 4. The molecule has 0 amide bonds. The largest absolute Gasteiger partial charge is 0.490 e. The quantitative estimate of drug-likeness (QED) is 0.351. The lowest BCUT2D eigenvalue weighted by Gasteiger charge is -2.16. The van der Waals surface area contributed by atoms with Gasteiger partial charge in [0.05, 0.1) is 11.6 Å². The molecule has 0 bridgehead atoms. The van der Waals surface area contributed by atoms with E-state index in [0.29, 0.717) is 36.3 Å². The molecular formula is C21H26ClN5O2S. The minimum absolute atomic E-state index is 0.443. The van der Waals surface area contributed by atoms with Crippen LogP contribution in [-0.2, 0) is 20.2 Å². The first kappa shape index (κ1) is 22.4. The van der Waals surface area contributed by atoms with Gasteiger partial charge in [-0.2, -0.15) is 0 Å². The molecule has 0 aliphatic carbocycles. The number of ether oxygens (including phenoxy) is 2. The average Bonchev–Trinajstić information content (AvgIpc) is 3.13. The Hall–Kier alpha value is -2.29. The molecule has 0 saturated carbocycles. The van der Waals surface area contributed by atoms with E-state index in [9.17, 15) is 0 Å². The Kier molecular flexibility index (Phi) is 8.36. The fourth-order valence-electron chi connectivity index (χ4n) is 2.84. The van der Waals surface area contributed by atoms with Gasteiger partial charge in [0, 0.05) is 25.9 Å². The third-order valence-corrected chi connectivity index (χ3v) is 5.72. The van der Waals surface area contributed by atoms with Crippen molar-refractivity contribution in [1.29, 1.82) is 0 Å². The molecule has 30 heavy (non-hydrogen) atoms. The third kappa shape index (κ3) is 6.10. The fraction of sp³-hybridized carbons (Fsp3) is 0.381. The molecule has 1 heterocycles. The highest BCUT2D eigenvalue weighted by molar-refractivity contribution is 7.99. The van der Waals surface area contributed by atoms with Crippen LogP contribution in [0.3, 0.4) is 0 Å². The lowest BCUT2D eigenvalue weighted by Crippen LogP contribution is -2.17. The standard InChI is InChI=1S/C21H26ClN5O2S/c1-4-28-19-12-16(13-23-9-10-30-21-24-25-26-27(21)3)11-18(22)20(19)29-14-17-8-6-5-7-15(17)2/h5-8,11-12,23H,4,9-10,13-14H2,1-3H3. The topological polar surface area (TPSA) is 74.1 Å². The minimum atomic E-state index is 0.443. The van der Waals surface area contributed by atoms with Gasteiger partial charge in [0.2, 0.25) is 5.16 Å². The van der Waals surface area contributed by atoms with Crippen molar-refractivity contribution in [3.8, 4) is 11.5 Å². The zero-order valence-electron chi connectivity index (χ0n) is 17.4. The van der Waals surface area contributed by atoms with Gasteiger partial charge in [-0.3, -0.25) is 0 Å². The van der Waals surface area contributed by atoms with Crippen LogP contribution in [0, 0.1) is 6.92 Å². The van der Waals surface area contributed by atoms with Gasteiger partial charge in [-0.15, -0.1) is 5.10 Å². The summed E-state index contributed by atoms with van der Waals surface area (Å²) in [6, 6.07) is 12.0. The van der Waals surface area contributed by atoms with Crippen molar-refractivity contribution >= 4 is 23.4 Å². The van der Waals surface area contributed by atoms with Gasteiger partial charge >= 0.3 is 0 Å². The van der Waals surface area contributed by atoms with E-state index in [0.717, 1.165) is 28.6 Å². The number of thioether (sulfide) groups is 1. The molecule has 0 unspecified atom stereocenters. The second-order valence-corrected chi connectivity index (χ2v) is 8.13. The number of aryl methyl sites for hydroxylation is 2. The molecule has 0 saturated heterocycles. The molecule has 3 rings (SSSR count). The summed E-state index contributed by atoms with van der Waals surface area (Å²) in [5.41, 5.74) is 3.34. The number of hydrogen-bond acceptors (Lipinski definition) is 7. The Morgan fingerprint density at radius 3 is 2.77 bits per heavy atom. The summed E-state index contributed by atoms with van der Waals surface area (Å²) in [6.07, 6.45) is 0. The average molecular weight is 448 g/mol. The van der Waals surface area contributed by atoms with Crippen molar-refractivity contribution in [3.63, 3.8) is 0 Å². The number of benzene rings is 2. The smallest absolute Gasteiger partial charge is 0.209 e. The highest BCUT2D eigenvalue weighted by Gasteiger charge is 2.13. The van der Waals surface area contributed by atoms with Crippen LogP contribution in [0.1, 0.15) is 23.6 Å². The number of nitrogens with one attached hydrogen (secondary N) is 1. The molecule has 0 aliphatic rings. The van der Waals surface area contributed by atoms with Crippen LogP contribution >= 0.6 is 23.4 Å². The van der Waals surface area contributed by atoms with Gasteiger partial charge < -0.3 is 14.8 Å². The number of nitrogens with zero attached hydrogens (tertiary/aromatic N) is 4. The summed E-state index contributed by atoms with van der Waals surface area (Å²) in [6.45, 7) is 6.48. The Morgan fingerprint density at radius 1 is 1.20 bits per heavy atom. The molecular weight excluding hydrogens is 422 g/mol. The predicted molar refractivity (Wildman–Crippen MR) is 119 cm³/mol. The first-order valence-corrected chi connectivity index (χ1v) is 11.1. The van der Waals surface area contributed by atoms with E-state index in [-0.39, 0.29) is 0 Å². The monoisotopic (exact) mass is 447 g/mol. The maximum atomic E-state index is 6.54. The zero-order chi connectivity index (χ0) is 21.3. The van der Waals surface area contributed by atoms with Crippen LogP contribution < -0.4 is 14.8 Å². The van der Waals surface area contributed by atoms with E-state index in [2.05, 4.69) is 39.9 Å². The van der Waals surface area contributed by atoms with Crippen LogP contribution in [0.2, 0.25) is 5.02 Å². The van der Waals surface area contributed by atoms with Gasteiger partial charge in [0.15, 0.2) is 11.5 Å². The second-order valence-electron chi connectivity index (χ2n) is 6.66. The Balaban J connectivity index is 1.58. The molecule has 9 heteroatoms. The first-order valence-electron chi connectivity index (χ1n) is 9.77. The van der Waals surface area contributed by atoms with E-state index in [1.165, 1.54) is 5.56 Å². The maximum Gasteiger partial charge on any atom is 0.209 e. The van der Waals surface area contributed by atoms with Crippen molar-refractivity contribution in [2.75, 3.05) is 18.9 Å². The molecule has 0 fully saturated rings. The molecule has 2 aromatic carbocycles. The lowest BCUT2D eigenvalue weighted by atomic mass is 10.1. The first-order chi connectivity index (χ1) is 14.6. The van der Waals surface area contributed by atoms with Gasteiger partial charge in [-0.1, -0.05) is 47.6 Å². The summed E-state index contributed by atoms with van der Waals surface area (Å²) < 4.78 is 13.5. The van der Waals surface area contributed by atoms with E-state index < -0.39 is 0 Å². The van der Waals surface area contributed by atoms with Crippen LogP contribution in [0.15, 0.2) is 41.6 Å². The molecule has 0 spiro atoms. The Bertz CT molecular complexity index is 966. The number of rotatable bonds is 11. The van der Waals surface area contributed by atoms with Crippen molar-refractivity contribution in [2.24, 2.45) is 7.05 Å². The molecule has 0 radical (unpaired) electrons. The Morgan fingerprint density at radius 2 is 2.03 bits per heavy atom. The third-order valence-electron chi connectivity index (χ3n) is 4.42. The van der Waals surface area contributed by atoms with Crippen molar-refractivity contribution in [3.05, 3.63) is 58.1 Å². The normalized spacial score (nSPS) is 10.9. The summed E-state index contributed by atoms with van der Waals surface area (Å²) in [4.78, 5) is 0. The highest BCUT2D eigenvalue weighted by atomic mass is 35.5. The van der Waals surface area contributed by atoms with E-state index in [1.54, 1.807) is 16.4 Å². The Labute approximate surface area is 186 Å². The van der Waals surface area contributed by atoms with Crippen LogP contribution in [0.5, 0.6) is 11.5 Å². The molecule has 7 nitrogen and oxygen atoms in total. The zero-order valence-corrected chi connectivity index (χ0v) is 19.0. The highest BCUT2D eigenvalue weighted by Crippen LogP contribution is 2.37. The van der Waals surface area contributed by atoms with Crippen molar-refractivity contribution < 1.29 is 9.47 Å². The molecule has 0 aliphatic heterocycles. The van der Waals surface area contributed by atoms with E-state index >= 15 is 0 Å². The van der Waals surface area contributed by atoms with Gasteiger partial charge in [0.1, 0.15) is 6.61 Å². The van der Waals surface area contributed by atoms with E-state index in [1.807, 2.05) is 38.2 Å². The summed E-state index contributed by atoms with van der Waals surface area (Å²) in [7, 11) is 1.83. The molecule has 1 aromatic heterocycles. The number of tetrazole rings is 1. The summed E-state index contributed by atoms with van der Waals surface area (Å²) in [5, 5.41) is 16.2. The van der Waals surface area contributed by atoms with Gasteiger partial charge in [-0.05, 0) is 53.1 Å². The SMILES string of the molecule is CCOc1cc(CNCCSc2nnnn2C)cc(Cl)c1OCc1ccccc1C. The van der Waals surface area contributed by atoms with Crippen molar-refractivity contribution in [1.82, 2.24) is 25.5 Å².